The van der Waals surface area contributed by atoms with Gasteiger partial charge in [0.05, 0.1) is 0 Å². The Morgan fingerprint density at radius 2 is 0.518 bits per heavy atom. The number of nitrogens with zero attached hydrogens (tertiary/aromatic N) is 2. The van der Waals surface area contributed by atoms with Crippen molar-refractivity contribution in [2.75, 3.05) is 0 Å². The summed E-state index contributed by atoms with van der Waals surface area (Å²) in [5.74, 6) is 12.6. The van der Waals surface area contributed by atoms with E-state index in [0.717, 1.165) is 107 Å². The number of rotatable bonds is 6. The van der Waals surface area contributed by atoms with Crippen molar-refractivity contribution in [1.29, 1.82) is 0 Å². The molecule has 0 amide bonds. The summed E-state index contributed by atoms with van der Waals surface area (Å²) in [6.07, 6.45) is 56.5. The topological polar surface area (TPSA) is 6.48 Å². The highest BCUT2D eigenvalue weighted by molar-refractivity contribution is 5.13. The van der Waals surface area contributed by atoms with Crippen LogP contribution in [0.1, 0.15) is 231 Å². The van der Waals surface area contributed by atoms with Crippen molar-refractivity contribution in [3.63, 3.8) is 0 Å². The van der Waals surface area contributed by atoms with Gasteiger partial charge in [-0.3, -0.25) is 9.80 Å². The van der Waals surface area contributed by atoms with Crippen LogP contribution in [0.3, 0.4) is 0 Å². The molecule has 0 aliphatic heterocycles. The Hall–Kier alpha value is -0.0800. The van der Waals surface area contributed by atoms with E-state index in [4.69, 9.17) is 0 Å². The first-order chi connectivity index (χ1) is 27.8. The zero-order valence-corrected chi connectivity index (χ0v) is 36.7. The number of hydrogen-bond acceptors (Lipinski definition) is 2. The Morgan fingerprint density at radius 3 is 0.911 bits per heavy atom. The Labute approximate surface area is 347 Å². The fourth-order valence-corrected chi connectivity index (χ4v) is 20.1. The van der Waals surface area contributed by atoms with Crippen LogP contribution in [0.25, 0.3) is 0 Å². The lowest BCUT2D eigenvalue weighted by Gasteiger charge is -2.66. The van der Waals surface area contributed by atoms with Gasteiger partial charge in [-0.1, -0.05) is 128 Å². The summed E-state index contributed by atoms with van der Waals surface area (Å²) in [6, 6.07) is 5.58. The summed E-state index contributed by atoms with van der Waals surface area (Å²) in [5, 5.41) is 0. The molecule has 0 radical (unpaired) electrons. The number of fused-ring (bicyclic) bond motifs is 8. The van der Waals surface area contributed by atoms with Crippen LogP contribution in [0.15, 0.2) is 0 Å². The molecule has 14 unspecified atom stereocenters. The fraction of sp³-hybridized carbons (Fsp3) is 1.00. The summed E-state index contributed by atoms with van der Waals surface area (Å²) in [5.41, 5.74) is 0. The van der Waals surface area contributed by atoms with Gasteiger partial charge in [0.25, 0.3) is 0 Å². The molecule has 0 aromatic rings. The van der Waals surface area contributed by atoms with Gasteiger partial charge in [-0.15, -0.1) is 0 Å². The summed E-state index contributed by atoms with van der Waals surface area (Å²) >= 11 is 0. The first kappa shape index (κ1) is 38.8. The Kier molecular flexibility index (Phi) is 12.0. The third-order valence-electron chi connectivity index (χ3n) is 21.8. The number of hydrogen-bond donors (Lipinski definition) is 0. The molecule has 14 atom stereocenters. The molecule has 11 fully saturated rings. The highest BCUT2D eigenvalue weighted by Crippen LogP contribution is 2.61. The zero-order chi connectivity index (χ0) is 37.0. The van der Waals surface area contributed by atoms with E-state index >= 15 is 0 Å². The minimum absolute atomic E-state index is 0.919. The van der Waals surface area contributed by atoms with Crippen molar-refractivity contribution in [1.82, 2.24) is 9.80 Å². The summed E-state index contributed by atoms with van der Waals surface area (Å²) in [4.78, 5) is 7.29. The van der Waals surface area contributed by atoms with Crippen LogP contribution in [0.5, 0.6) is 0 Å². The molecule has 11 aliphatic rings. The van der Waals surface area contributed by atoms with Gasteiger partial charge < -0.3 is 0 Å². The Bertz CT molecular complexity index is 1140. The van der Waals surface area contributed by atoms with Crippen molar-refractivity contribution >= 4 is 0 Å². The summed E-state index contributed by atoms with van der Waals surface area (Å²) in [7, 11) is 0. The van der Waals surface area contributed by atoms with Crippen LogP contribution in [0, 0.1) is 71.0 Å². The van der Waals surface area contributed by atoms with Crippen molar-refractivity contribution in [2.24, 2.45) is 71.0 Å². The minimum atomic E-state index is 0.919. The summed E-state index contributed by atoms with van der Waals surface area (Å²) in [6.45, 7) is 0. The van der Waals surface area contributed by atoms with E-state index in [2.05, 4.69) is 9.80 Å². The predicted octanol–water partition coefficient (Wildman–Crippen LogP) is 14.4. The maximum atomic E-state index is 3.64. The predicted molar refractivity (Wildman–Crippen MR) is 234 cm³/mol. The molecule has 0 aromatic heterocycles. The van der Waals surface area contributed by atoms with E-state index in [1.54, 1.807) is 193 Å². The molecule has 0 bridgehead atoms. The molecule has 316 valence electrons. The van der Waals surface area contributed by atoms with E-state index in [-0.39, 0.29) is 0 Å². The molecule has 11 aliphatic carbocycles. The molecule has 0 spiro atoms. The van der Waals surface area contributed by atoms with Crippen molar-refractivity contribution in [2.45, 2.75) is 267 Å². The molecule has 0 aromatic carbocycles. The van der Waals surface area contributed by atoms with Gasteiger partial charge in [0.15, 0.2) is 0 Å². The monoisotopic (exact) mass is 767 g/mol. The van der Waals surface area contributed by atoms with Gasteiger partial charge in [-0.25, -0.2) is 0 Å². The smallest absolute Gasteiger partial charge is 0.0164 e. The van der Waals surface area contributed by atoms with Crippen LogP contribution in [-0.2, 0) is 0 Å². The van der Waals surface area contributed by atoms with E-state index in [9.17, 15) is 0 Å². The van der Waals surface area contributed by atoms with Crippen LogP contribution in [0.2, 0.25) is 0 Å². The normalized spacial score (nSPS) is 49.2. The molecule has 0 saturated heterocycles. The second-order valence-corrected chi connectivity index (χ2v) is 23.9. The maximum absolute atomic E-state index is 3.64. The first-order valence-corrected chi connectivity index (χ1v) is 27.4. The summed E-state index contributed by atoms with van der Waals surface area (Å²) < 4.78 is 0. The van der Waals surface area contributed by atoms with Crippen molar-refractivity contribution in [3.8, 4) is 0 Å². The lowest BCUT2D eigenvalue weighted by atomic mass is 9.51. The third-order valence-corrected chi connectivity index (χ3v) is 21.8. The molecule has 0 N–H and O–H groups in total. The molecule has 0 heterocycles. The second kappa shape index (κ2) is 17.4. The van der Waals surface area contributed by atoms with Gasteiger partial charge in [0, 0.05) is 36.3 Å². The molecular weight excluding hydrogens is 677 g/mol. The zero-order valence-electron chi connectivity index (χ0n) is 36.7. The average molecular weight is 767 g/mol. The second-order valence-electron chi connectivity index (χ2n) is 23.9. The van der Waals surface area contributed by atoms with Gasteiger partial charge in [0.2, 0.25) is 0 Å². The molecular formula is C54H90N2. The molecule has 2 heteroatoms. The maximum Gasteiger partial charge on any atom is 0.0164 e. The largest absolute Gasteiger partial charge is 0.294 e. The van der Waals surface area contributed by atoms with Crippen LogP contribution >= 0.6 is 0 Å². The van der Waals surface area contributed by atoms with Crippen LogP contribution < -0.4 is 0 Å². The molecule has 11 saturated carbocycles. The van der Waals surface area contributed by atoms with Gasteiger partial charge in [0.1, 0.15) is 0 Å². The lowest BCUT2D eigenvalue weighted by molar-refractivity contribution is -0.172. The van der Waals surface area contributed by atoms with Crippen molar-refractivity contribution < 1.29 is 0 Å². The standard InChI is InChI=1S/C54H90N2/c1-3-21-41(22-4-1)55(49-31-15-19-39-35-33-37-17-7-9-25-43(37)51(39)49)53-45-27-11-13-29-47(45)54(48-30-14-12-28-46(48)53)56(42-23-5-2-6-24-42)50-32-16-20-40-36-34-38-18-8-10-26-44(38)52(40)50/h37-54H,1-36H2. The quantitative estimate of drug-likeness (QED) is 0.266. The highest BCUT2D eigenvalue weighted by Gasteiger charge is 2.60. The Morgan fingerprint density at radius 1 is 0.214 bits per heavy atom. The van der Waals surface area contributed by atoms with Gasteiger partial charge in [-0.2, -0.15) is 0 Å². The molecule has 56 heavy (non-hydrogen) atoms. The highest BCUT2D eigenvalue weighted by atomic mass is 15.3. The van der Waals surface area contributed by atoms with Gasteiger partial charge >= 0.3 is 0 Å². The third kappa shape index (κ3) is 7.09. The molecule has 11 rings (SSSR count). The van der Waals surface area contributed by atoms with E-state index < -0.39 is 0 Å². The first-order valence-electron chi connectivity index (χ1n) is 27.4. The average Bonchev–Trinajstić information content (AvgIpc) is 3.27. The van der Waals surface area contributed by atoms with Crippen LogP contribution in [0.4, 0.5) is 0 Å². The van der Waals surface area contributed by atoms with Crippen molar-refractivity contribution in [3.05, 3.63) is 0 Å². The SMILES string of the molecule is C1CCC(N(C2CCCC3CCC4CCCCC4C32)C2C3CCCCC3C(N(C3CCCCC3)C3CCCC4CCC5CCCCC5C43)C3CCCCC32)CC1. The van der Waals surface area contributed by atoms with E-state index in [1.807, 2.05) is 0 Å². The van der Waals surface area contributed by atoms with E-state index in [0.29, 0.717) is 0 Å². The minimum Gasteiger partial charge on any atom is -0.294 e. The Balaban J connectivity index is 0.995. The fourth-order valence-electron chi connectivity index (χ4n) is 20.1. The lowest BCUT2D eigenvalue weighted by Crippen LogP contribution is -2.70. The van der Waals surface area contributed by atoms with Gasteiger partial charge in [-0.05, 0) is 174 Å². The van der Waals surface area contributed by atoms with E-state index in [1.165, 1.54) is 38.5 Å². The van der Waals surface area contributed by atoms with Crippen LogP contribution in [-0.4, -0.2) is 46.1 Å². The molecule has 2 nitrogen and oxygen atoms in total.